The number of methoxy groups -OCH3 is 1. The number of carbonyl (C=O) groups excluding carboxylic acids is 2. The van der Waals surface area contributed by atoms with E-state index in [-0.39, 0.29) is 24.8 Å². The fourth-order valence-electron chi connectivity index (χ4n) is 3.48. The van der Waals surface area contributed by atoms with E-state index in [1.54, 1.807) is 23.1 Å². The Kier molecular flexibility index (Phi) is 4.42. The Hall–Kier alpha value is -2.57. The molecule has 1 N–H and O–H groups in total. The number of para-hydroxylation sites is 2. The van der Waals surface area contributed by atoms with Crippen LogP contribution in [-0.2, 0) is 14.4 Å². The van der Waals surface area contributed by atoms with Crippen molar-refractivity contribution in [1.29, 1.82) is 0 Å². The van der Waals surface area contributed by atoms with Crippen LogP contribution in [0.3, 0.4) is 0 Å². The Balaban J connectivity index is 1.77. The second-order valence-corrected chi connectivity index (χ2v) is 6.11. The van der Waals surface area contributed by atoms with Gasteiger partial charge in [0.1, 0.15) is 11.8 Å². The Morgan fingerprint density at radius 1 is 1.29 bits per heavy atom. The quantitative estimate of drug-likeness (QED) is 0.893. The van der Waals surface area contributed by atoms with E-state index in [2.05, 4.69) is 0 Å². The average Bonchev–Trinajstić information content (AvgIpc) is 3.21. The van der Waals surface area contributed by atoms with Crippen molar-refractivity contribution in [2.75, 3.05) is 25.1 Å². The Labute approximate surface area is 139 Å². The maximum absolute atomic E-state index is 12.7. The third-order valence-corrected chi connectivity index (χ3v) is 4.67. The standard InChI is InChI=1S/C17H20N2O5/c1-24-14-7-3-2-5-12(14)19-10-11(9-15(19)20)16(21)18-8-4-6-13(18)17(22)23/h2-3,5,7,11,13H,4,6,8-10H2,1H3,(H,22,23)/t11?,13-/m0/s1. The van der Waals surface area contributed by atoms with Gasteiger partial charge in [0.15, 0.2) is 0 Å². The van der Waals surface area contributed by atoms with Gasteiger partial charge in [-0.25, -0.2) is 4.79 Å². The first-order valence-corrected chi connectivity index (χ1v) is 7.99. The lowest BCUT2D eigenvalue weighted by Gasteiger charge is -2.25. The largest absolute Gasteiger partial charge is 0.495 e. The molecule has 0 bridgehead atoms. The van der Waals surface area contributed by atoms with Gasteiger partial charge in [-0.2, -0.15) is 0 Å². The van der Waals surface area contributed by atoms with E-state index in [4.69, 9.17) is 4.74 Å². The fraction of sp³-hybridized carbons (Fsp3) is 0.471. The summed E-state index contributed by atoms with van der Waals surface area (Å²) in [7, 11) is 1.53. The van der Waals surface area contributed by atoms with E-state index >= 15 is 0 Å². The van der Waals surface area contributed by atoms with Gasteiger partial charge in [-0.3, -0.25) is 9.59 Å². The highest BCUT2D eigenvalue weighted by molar-refractivity contribution is 6.01. The lowest BCUT2D eigenvalue weighted by Crippen LogP contribution is -2.44. The summed E-state index contributed by atoms with van der Waals surface area (Å²) in [5.41, 5.74) is 0.636. The number of rotatable bonds is 4. The van der Waals surface area contributed by atoms with Gasteiger partial charge in [-0.15, -0.1) is 0 Å². The van der Waals surface area contributed by atoms with Crippen molar-refractivity contribution >= 4 is 23.5 Å². The van der Waals surface area contributed by atoms with Crippen LogP contribution in [0, 0.1) is 5.92 Å². The van der Waals surface area contributed by atoms with E-state index in [0.717, 1.165) is 0 Å². The molecule has 2 amide bonds. The first-order chi connectivity index (χ1) is 11.5. The van der Waals surface area contributed by atoms with E-state index in [1.807, 2.05) is 6.07 Å². The molecule has 7 heteroatoms. The van der Waals surface area contributed by atoms with Crippen molar-refractivity contribution in [2.24, 2.45) is 5.92 Å². The molecule has 128 valence electrons. The molecule has 1 aromatic rings. The normalized spacial score (nSPS) is 23.6. The third kappa shape index (κ3) is 2.81. The second-order valence-electron chi connectivity index (χ2n) is 6.11. The van der Waals surface area contributed by atoms with E-state index in [9.17, 15) is 19.5 Å². The molecule has 1 unspecified atom stereocenters. The topological polar surface area (TPSA) is 87.2 Å². The average molecular weight is 332 g/mol. The molecule has 0 spiro atoms. The molecular formula is C17H20N2O5. The van der Waals surface area contributed by atoms with Gasteiger partial charge in [-0.1, -0.05) is 12.1 Å². The molecule has 2 atom stereocenters. The second kappa shape index (κ2) is 6.51. The van der Waals surface area contributed by atoms with Gasteiger partial charge in [0.2, 0.25) is 11.8 Å². The number of hydrogen-bond acceptors (Lipinski definition) is 4. The third-order valence-electron chi connectivity index (χ3n) is 4.67. The number of benzene rings is 1. The summed E-state index contributed by atoms with van der Waals surface area (Å²) in [6, 6.07) is 6.39. The summed E-state index contributed by atoms with van der Waals surface area (Å²) < 4.78 is 5.28. The summed E-state index contributed by atoms with van der Waals surface area (Å²) >= 11 is 0. The van der Waals surface area contributed by atoms with Crippen molar-refractivity contribution < 1.29 is 24.2 Å². The molecule has 0 saturated carbocycles. The number of carbonyl (C=O) groups is 3. The minimum absolute atomic E-state index is 0.0969. The highest BCUT2D eigenvalue weighted by atomic mass is 16.5. The highest BCUT2D eigenvalue weighted by Crippen LogP contribution is 2.34. The van der Waals surface area contributed by atoms with Crippen molar-refractivity contribution in [3.63, 3.8) is 0 Å². The maximum atomic E-state index is 12.7. The molecule has 0 aliphatic carbocycles. The highest BCUT2D eigenvalue weighted by Gasteiger charge is 2.42. The number of likely N-dealkylation sites (tertiary alicyclic amines) is 1. The van der Waals surface area contributed by atoms with Crippen LogP contribution in [-0.4, -0.2) is 54.0 Å². The van der Waals surface area contributed by atoms with Crippen LogP contribution in [0.5, 0.6) is 5.75 Å². The molecule has 2 aliphatic rings. The number of amides is 2. The summed E-state index contributed by atoms with van der Waals surface area (Å²) in [6.07, 6.45) is 1.25. The molecular weight excluding hydrogens is 312 g/mol. The number of carboxylic acids is 1. The van der Waals surface area contributed by atoms with Crippen LogP contribution in [0.15, 0.2) is 24.3 Å². The molecule has 24 heavy (non-hydrogen) atoms. The SMILES string of the molecule is COc1ccccc1N1CC(C(=O)N2CCC[C@H]2C(=O)O)CC1=O. The maximum Gasteiger partial charge on any atom is 0.326 e. The first-order valence-electron chi connectivity index (χ1n) is 7.99. The van der Waals surface area contributed by atoms with Gasteiger partial charge in [0.05, 0.1) is 18.7 Å². The van der Waals surface area contributed by atoms with E-state index in [1.165, 1.54) is 12.0 Å². The Morgan fingerprint density at radius 3 is 2.75 bits per heavy atom. The van der Waals surface area contributed by atoms with Crippen molar-refractivity contribution in [3.05, 3.63) is 24.3 Å². The molecule has 2 fully saturated rings. The Morgan fingerprint density at radius 2 is 2.04 bits per heavy atom. The van der Waals surface area contributed by atoms with Gasteiger partial charge in [0.25, 0.3) is 0 Å². The number of ether oxygens (including phenoxy) is 1. The number of hydrogen-bond donors (Lipinski definition) is 1. The van der Waals surface area contributed by atoms with Crippen LogP contribution >= 0.6 is 0 Å². The van der Waals surface area contributed by atoms with E-state index < -0.39 is 17.9 Å². The lowest BCUT2D eigenvalue weighted by atomic mass is 10.1. The monoisotopic (exact) mass is 332 g/mol. The Bertz CT molecular complexity index is 675. The first kappa shape index (κ1) is 16.3. The van der Waals surface area contributed by atoms with Gasteiger partial charge >= 0.3 is 5.97 Å². The predicted octanol–water partition coefficient (Wildman–Crippen LogP) is 1.12. The minimum Gasteiger partial charge on any atom is -0.495 e. The van der Waals surface area contributed by atoms with E-state index in [0.29, 0.717) is 30.8 Å². The number of carboxylic acid groups (broad SMARTS) is 1. The molecule has 0 radical (unpaired) electrons. The van der Waals surface area contributed by atoms with Crippen molar-refractivity contribution in [3.8, 4) is 5.75 Å². The van der Waals surface area contributed by atoms with Crippen LogP contribution < -0.4 is 9.64 Å². The number of nitrogens with zero attached hydrogens (tertiary/aromatic N) is 2. The zero-order valence-electron chi connectivity index (χ0n) is 13.5. The van der Waals surface area contributed by atoms with Gasteiger partial charge in [-0.05, 0) is 25.0 Å². The fourth-order valence-corrected chi connectivity index (χ4v) is 3.48. The predicted molar refractivity (Wildman–Crippen MR) is 85.8 cm³/mol. The van der Waals surface area contributed by atoms with Gasteiger partial charge < -0.3 is 19.6 Å². The summed E-state index contributed by atoms with van der Waals surface area (Å²) in [6.45, 7) is 0.691. The summed E-state index contributed by atoms with van der Waals surface area (Å²) in [5, 5.41) is 9.24. The van der Waals surface area contributed by atoms with Gasteiger partial charge in [0, 0.05) is 19.5 Å². The molecule has 2 aliphatic heterocycles. The van der Waals surface area contributed by atoms with Crippen LogP contribution in [0.25, 0.3) is 0 Å². The summed E-state index contributed by atoms with van der Waals surface area (Å²) in [4.78, 5) is 39.3. The van der Waals surface area contributed by atoms with Crippen LogP contribution in [0.2, 0.25) is 0 Å². The number of anilines is 1. The smallest absolute Gasteiger partial charge is 0.326 e. The molecule has 2 saturated heterocycles. The molecule has 0 aromatic heterocycles. The molecule has 2 heterocycles. The molecule has 7 nitrogen and oxygen atoms in total. The molecule has 3 rings (SSSR count). The zero-order valence-corrected chi connectivity index (χ0v) is 13.5. The number of aliphatic carboxylic acids is 1. The van der Waals surface area contributed by atoms with Crippen LogP contribution in [0.1, 0.15) is 19.3 Å². The lowest BCUT2D eigenvalue weighted by molar-refractivity contribution is -0.149. The van der Waals surface area contributed by atoms with Crippen molar-refractivity contribution in [2.45, 2.75) is 25.3 Å². The molecule has 1 aromatic carbocycles. The van der Waals surface area contributed by atoms with Crippen molar-refractivity contribution in [1.82, 2.24) is 4.90 Å². The summed E-state index contributed by atoms with van der Waals surface area (Å²) in [5.74, 6) is -1.31. The van der Waals surface area contributed by atoms with Crippen LogP contribution in [0.4, 0.5) is 5.69 Å². The minimum atomic E-state index is -0.980. The zero-order chi connectivity index (χ0) is 17.3.